The van der Waals surface area contributed by atoms with E-state index in [1.165, 1.54) is 0 Å². The average Bonchev–Trinajstić information content (AvgIpc) is 2.86. The van der Waals surface area contributed by atoms with E-state index in [2.05, 4.69) is 21.2 Å². The lowest BCUT2D eigenvalue weighted by Gasteiger charge is -2.32. The lowest BCUT2D eigenvalue weighted by atomic mass is 10.0. The van der Waals surface area contributed by atoms with Crippen molar-refractivity contribution in [1.82, 2.24) is 10.2 Å². The van der Waals surface area contributed by atoms with Gasteiger partial charge in [0, 0.05) is 29.1 Å². The highest BCUT2D eigenvalue weighted by Crippen LogP contribution is 2.28. The van der Waals surface area contributed by atoms with Crippen LogP contribution in [-0.4, -0.2) is 35.4 Å². The van der Waals surface area contributed by atoms with E-state index in [9.17, 15) is 9.59 Å². The predicted molar refractivity (Wildman–Crippen MR) is 148 cm³/mol. The van der Waals surface area contributed by atoms with E-state index in [1.807, 2.05) is 56.3 Å². The zero-order valence-corrected chi connectivity index (χ0v) is 23.3. The fraction of sp³-hybridized carbons (Fsp3) is 0.286. The van der Waals surface area contributed by atoms with Crippen molar-refractivity contribution >= 4 is 50.9 Å². The number of carbonyl (C=O) groups excluding carboxylic acids is 2. The molecule has 1 N–H and O–H groups in total. The van der Waals surface area contributed by atoms with Crippen LogP contribution < -0.4 is 10.1 Å². The third kappa shape index (κ3) is 8.26. The summed E-state index contributed by atoms with van der Waals surface area (Å²) < 4.78 is 6.46. The topological polar surface area (TPSA) is 58.6 Å². The molecule has 0 heterocycles. The van der Waals surface area contributed by atoms with Gasteiger partial charge in [-0.1, -0.05) is 72.6 Å². The largest absolute Gasteiger partial charge is 0.483 e. The molecule has 5 nitrogen and oxygen atoms in total. The van der Waals surface area contributed by atoms with Crippen LogP contribution in [0.1, 0.15) is 31.4 Å². The summed E-state index contributed by atoms with van der Waals surface area (Å²) in [5, 5.41) is 4.16. The second-order valence-corrected chi connectivity index (χ2v) is 10.3. The highest BCUT2D eigenvalue weighted by molar-refractivity contribution is 9.10. The molecule has 3 aromatic rings. The van der Waals surface area contributed by atoms with Gasteiger partial charge >= 0.3 is 0 Å². The van der Waals surface area contributed by atoms with Gasteiger partial charge in [-0.05, 0) is 70.7 Å². The van der Waals surface area contributed by atoms with Crippen LogP contribution in [0.25, 0.3) is 0 Å². The van der Waals surface area contributed by atoms with Crippen LogP contribution in [0.3, 0.4) is 0 Å². The number of rotatable bonds is 11. The Hall–Kier alpha value is -2.54. The molecular formula is C28H29BrCl2N2O3. The molecule has 2 atom stereocenters. The lowest BCUT2D eigenvalue weighted by molar-refractivity contribution is -0.143. The Labute approximate surface area is 230 Å². The van der Waals surface area contributed by atoms with Crippen molar-refractivity contribution in [3.05, 3.63) is 98.4 Å². The number of hydrogen-bond donors (Lipinski definition) is 1. The standard InChI is InChI=1S/C28H29BrCl2N2O3/c1-3-19(2)32-28(35)25(15-20-8-5-4-6-9-20)33(17-21-10-7-11-22(30)14-21)27(34)18-36-26-13-12-23(31)16-24(26)29/h4-14,16,19,25H,3,15,17-18H2,1-2H3,(H,32,35). The zero-order valence-electron chi connectivity index (χ0n) is 20.2. The van der Waals surface area contributed by atoms with E-state index >= 15 is 0 Å². The smallest absolute Gasteiger partial charge is 0.261 e. The monoisotopic (exact) mass is 590 g/mol. The van der Waals surface area contributed by atoms with Crippen LogP contribution in [0, 0.1) is 0 Å². The summed E-state index contributed by atoms with van der Waals surface area (Å²) in [6, 6.07) is 21.2. The minimum absolute atomic E-state index is 0.0276. The molecule has 0 saturated heterocycles. The van der Waals surface area contributed by atoms with Crippen molar-refractivity contribution < 1.29 is 14.3 Å². The van der Waals surface area contributed by atoms with Crippen molar-refractivity contribution in [1.29, 1.82) is 0 Å². The van der Waals surface area contributed by atoms with Crippen molar-refractivity contribution in [3.8, 4) is 5.75 Å². The fourth-order valence-corrected chi connectivity index (χ4v) is 4.65. The van der Waals surface area contributed by atoms with Crippen molar-refractivity contribution in [2.45, 2.75) is 45.3 Å². The highest BCUT2D eigenvalue weighted by Gasteiger charge is 2.31. The van der Waals surface area contributed by atoms with Gasteiger partial charge in [-0.3, -0.25) is 9.59 Å². The quantitative estimate of drug-likeness (QED) is 0.270. The molecule has 0 fully saturated rings. The number of nitrogens with zero attached hydrogens (tertiary/aromatic N) is 1. The van der Waals surface area contributed by atoms with E-state index < -0.39 is 6.04 Å². The van der Waals surface area contributed by atoms with Gasteiger partial charge in [0.05, 0.1) is 4.47 Å². The summed E-state index contributed by atoms with van der Waals surface area (Å²) in [5.74, 6) is -0.0487. The molecular weight excluding hydrogens is 563 g/mol. The van der Waals surface area contributed by atoms with E-state index in [0.717, 1.165) is 17.5 Å². The van der Waals surface area contributed by atoms with Gasteiger partial charge < -0.3 is 15.0 Å². The Kier molecular flexibility index (Phi) is 10.7. The minimum atomic E-state index is -0.745. The van der Waals surface area contributed by atoms with Gasteiger partial charge in [-0.25, -0.2) is 0 Å². The van der Waals surface area contributed by atoms with Crippen molar-refractivity contribution in [3.63, 3.8) is 0 Å². The number of amides is 2. The summed E-state index contributed by atoms with van der Waals surface area (Å²) in [4.78, 5) is 28.7. The molecule has 0 aromatic heterocycles. The fourth-order valence-electron chi connectivity index (χ4n) is 3.64. The third-order valence-corrected chi connectivity index (χ3v) is 6.85. The van der Waals surface area contributed by atoms with Gasteiger partial charge in [-0.15, -0.1) is 0 Å². The molecule has 0 spiro atoms. The Morgan fingerprint density at radius 3 is 2.33 bits per heavy atom. The molecule has 0 radical (unpaired) electrons. The second-order valence-electron chi connectivity index (χ2n) is 8.54. The first-order valence-corrected chi connectivity index (χ1v) is 13.3. The maximum atomic E-state index is 13.6. The molecule has 0 aliphatic carbocycles. The summed E-state index contributed by atoms with van der Waals surface area (Å²) in [6.45, 7) is 3.91. The van der Waals surface area contributed by atoms with Crippen LogP contribution in [-0.2, 0) is 22.6 Å². The SMILES string of the molecule is CCC(C)NC(=O)C(Cc1ccccc1)N(Cc1cccc(Cl)c1)C(=O)COc1ccc(Cl)cc1Br. The minimum Gasteiger partial charge on any atom is -0.483 e. The molecule has 2 amide bonds. The number of ether oxygens (including phenoxy) is 1. The molecule has 0 bridgehead atoms. The van der Waals surface area contributed by atoms with E-state index in [-0.39, 0.29) is 31.0 Å². The molecule has 0 aliphatic rings. The molecule has 3 aromatic carbocycles. The Morgan fingerprint density at radius 2 is 1.67 bits per heavy atom. The Bertz CT molecular complexity index is 1180. The van der Waals surface area contributed by atoms with E-state index in [0.29, 0.717) is 26.7 Å². The van der Waals surface area contributed by atoms with Crippen LogP contribution in [0.5, 0.6) is 5.75 Å². The summed E-state index contributed by atoms with van der Waals surface area (Å²) >= 11 is 15.7. The average molecular weight is 592 g/mol. The van der Waals surface area contributed by atoms with Crippen molar-refractivity contribution in [2.75, 3.05) is 6.61 Å². The molecule has 3 rings (SSSR count). The normalized spacial score (nSPS) is 12.5. The first-order chi connectivity index (χ1) is 17.3. The first kappa shape index (κ1) is 28.0. The number of nitrogens with one attached hydrogen (secondary N) is 1. The van der Waals surface area contributed by atoms with Gasteiger partial charge in [0.2, 0.25) is 5.91 Å². The van der Waals surface area contributed by atoms with Gasteiger partial charge in [0.15, 0.2) is 6.61 Å². The Morgan fingerprint density at radius 1 is 0.972 bits per heavy atom. The third-order valence-electron chi connectivity index (χ3n) is 5.76. The Balaban J connectivity index is 1.92. The maximum Gasteiger partial charge on any atom is 0.261 e. The number of hydrogen-bond acceptors (Lipinski definition) is 3. The lowest BCUT2D eigenvalue weighted by Crippen LogP contribution is -2.53. The molecule has 0 aliphatic heterocycles. The van der Waals surface area contributed by atoms with Crippen LogP contribution in [0.2, 0.25) is 10.0 Å². The maximum absolute atomic E-state index is 13.6. The molecule has 0 saturated carbocycles. The van der Waals surface area contributed by atoms with Gasteiger partial charge in [0.25, 0.3) is 5.91 Å². The first-order valence-electron chi connectivity index (χ1n) is 11.7. The molecule has 8 heteroatoms. The summed E-state index contributed by atoms with van der Waals surface area (Å²) in [7, 11) is 0. The van der Waals surface area contributed by atoms with Gasteiger partial charge in [0.1, 0.15) is 11.8 Å². The van der Waals surface area contributed by atoms with E-state index in [1.54, 1.807) is 35.2 Å². The number of halogens is 3. The van der Waals surface area contributed by atoms with Crippen molar-refractivity contribution in [2.24, 2.45) is 0 Å². The van der Waals surface area contributed by atoms with Gasteiger partial charge in [-0.2, -0.15) is 0 Å². The molecule has 2 unspecified atom stereocenters. The number of carbonyl (C=O) groups is 2. The van der Waals surface area contributed by atoms with E-state index in [4.69, 9.17) is 27.9 Å². The molecule has 36 heavy (non-hydrogen) atoms. The van der Waals surface area contributed by atoms with Crippen LogP contribution >= 0.6 is 39.1 Å². The summed E-state index contributed by atoms with van der Waals surface area (Å²) in [6.07, 6.45) is 1.14. The van der Waals surface area contributed by atoms with Crippen LogP contribution in [0.4, 0.5) is 0 Å². The van der Waals surface area contributed by atoms with Crippen LogP contribution in [0.15, 0.2) is 77.3 Å². The summed E-state index contributed by atoms with van der Waals surface area (Å²) in [5.41, 5.74) is 1.77. The number of benzene rings is 3. The second kappa shape index (κ2) is 13.7. The highest BCUT2D eigenvalue weighted by atomic mass is 79.9. The predicted octanol–water partition coefficient (Wildman–Crippen LogP) is 6.69. The zero-order chi connectivity index (χ0) is 26.1. The molecule has 190 valence electrons.